The molecule has 25 heavy (non-hydrogen) atoms. The van der Waals surface area contributed by atoms with E-state index in [4.69, 9.17) is 4.74 Å². The summed E-state index contributed by atoms with van der Waals surface area (Å²) in [5.41, 5.74) is 3.66. The van der Waals surface area contributed by atoms with Crippen molar-refractivity contribution < 1.29 is 4.74 Å². The van der Waals surface area contributed by atoms with E-state index in [1.54, 1.807) is 0 Å². The summed E-state index contributed by atoms with van der Waals surface area (Å²) in [5, 5.41) is 0. The fraction of sp³-hybridized carbons (Fsp3) is 0.429. The van der Waals surface area contributed by atoms with Gasteiger partial charge in [-0.3, -0.25) is 4.90 Å². The molecule has 0 atom stereocenters. The third-order valence-electron chi connectivity index (χ3n) is 4.85. The Labute approximate surface area is 159 Å². The molecule has 1 fully saturated rings. The molecule has 0 bridgehead atoms. The van der Waals surface area contributed by atoms with Gasteiger partial charge in [-0.25, -0.2) is 0 Å². The fourth-order valence-electron chi connectivity index (χ4n) is 3.36. The number of halogens is 1. The van der Waals surface area contributed by atoms with E-state index < -0.39 is 0 Å². The van der Waals surface area contributed by atoms with Gasteiger partial charge in [-0.2, -0.15) is 0 Å². The molecule has 0 spiro atoms. The summed E-state index contributed by atoms with van der Waals surface area (Å²) in [6, 6.07) is 14.7. The van der Waals surface area contributed by atoms with Crippen molar-refractivity contribution in [3.8, 4) is 5.75 Å². The minimum Gasteiger partial charge on any atom is -0.488 e. The summed E-state index contributed by atoms with van der Waals surface area (Å²) in [6.07, 6.45) is 0. The minimum atomic E-state index is 0.611. The van der Waals surface area contributed by atoms with Crippen molar-refractivity contribution in [2.24, 2.45) is 0 Å². The monoisotopic (exact) mass is 402 g/mol. The summed E-state index contributed by atoms with van der Waals surface area (Å²) in [6.45, 7) is 11.6. The van der Waals surface area contributed by atoms with Gasteiger partial charge in [0.25, 0.3) is 0 Å². The minimum absolute atomic E-state index is 0.611. The van der Waals surface area contributed by atoms with Crippen LogP contribution in [0.15, 0.2) is 46.9 Å². The molecule has 0 saturated carbocycles. The Kier molecular flexibility index (Phi) is 6.51. The zero-order valence-corrected chi connectivity index (χ0v) is 16.8. The average molecular weight is 403 g/mol. The van der Waals surface area contributed by atoms with E-state index in [0.29, 0.717) is 6.61 Å². The van der Waals surface area contributed by atoms with Crippen molar-refractivity contribution in [3.63, 3.8) is 0 Å². The van der Waals surface area contributed by atoms with Crippen LogP contribution in [-0.2, 0) is 13.2 Å². The van der Waals surface area contributed by atoms with Gasteiger partial charge in [-0.1, -0.05) is 53.2 Å². The summed E-state index contributed by atoms with van der Waals surface area (Å²) in [7, 11) is 0. The SMILES string of the molecule is CCN1CCN(Cc2cc(Br)cc(C)c2OCc2ccccc2)CC1. The Morgan fingerprint density at radius 1 is 1.00 bits per heavy atom. The van der Waals surface area contributed by atoms with Crippen LogP contribution in [0.4, 0.5) is 0 Å². The third kappa shape index (κ3) is 5.06. The lowest BCUT2D eigenvalue weighted by Crippen LogP contribution is -2.45. The molecule has 1 saturated heterocycles. The number of hydrogen-bond acceptors (Lipinski definition) is 3. The molecule has 0 amide bonds. The first-order chi connectivity index (χ1) is 12.2. The number of nitrogens with zero attached hydrogens (tertiary/aromatic N) is 2. The number of aryl methyl sites for hydroxylation is 1. The lowest BCUT2D eigenvalue weighted by Gasteiger charge is -2.34. The molecule has 3 nitrogen and oxygen atoms in total. The second kappa shape index (κ2) is 8.84. The molecule has 0 radical (unpaired) electrons. The van der Waals surface area contributed by atoms with Crippen LogP contribution in [0.1, 0.15) is 23.6 Å². The number of hydrogen-bond donors (Lipinski definition) is 0. The maximum absolute atomic E-state index is 6.23. The Bertz CT molecular complexity index is 682. The molecule has 3 rings (SSSR count). The van der Waals surface area contributed by atoms with Crippen LogP contribution in [0.2, 0.25) is 0 Å². The average Bonchev–Trinajstić information content (AvgIpc) is 2.62. The molecule has 0 aliphatic carbocycles. The predicted molar refractivity (Wildman–Crippen MR) is 107 cm³/mol. The molecule has 0 aromatic heterocycles. The molecular weight excluding hydrogens is 376 g/mol. The molecule has 2 aromatic carbocycles. The molecular formula is C21H27BrN2O. The quantitative estimate of drug-likeness (QED) is 0.708. The van der Waals surface area contributed by atoms with Crippen molar-refractivity contribution in [2.75, 3.05) is 32.7 Å². The third-order valence-corrected chi connectivity index (χ3v) is 5.31. The maximum atomic E-state index is 6.23. The first kappa shape index (κ1) is 18.4. The van der Waals surface area contributed by atoms with Gasteiger partial charge >= 0.3 is 0 Å². The number of ether oxygens (including phenoxy) is 1. The molecule has 1 heterocycles. The Balaban J connectivity index is 1.71. The van der Waals surface area contributed by atoms with Gasteiger partial charge in [0.05, 0.1) is 0 Å². The topological polar surface area (TPSA) is 15.7 Å². The number of benzene rings is 2. The summed E-state index contributed by atoms with van der Waals surface area (Å²) >= 11 is 3.65. The molecule has 4 heteroatoms. The van der Waals surface area contributed by atoms with Crippen molar-refractivity contribution in [1.29, 1.82) is 0 Å². The van der Waals surface area contributed by atoms with Gasteiger partial charge in [0, 0.05) is 42.8 Å². The van der Waals surface area contributed by atoms with E-state index in [2.05, 4.69) is 76.0 Å². The molecule has 134 valence electrons. The van der Waals surface area contributed by atoms with Crippen molar-refractivity contribution in [1.82, 2.24) is 9.80 Å². The summed E-state index contributed by atoms with van der Waals surface area (Å²) < 4.78 is 7.36. The molecule has 1 aliphatic heterocycles. The van der Waals surface area contributed by atoms with Gasteiger partial charge in [0.15, 0.2) is 0 Å². The number of likely N-dealkylation sites (N-methyl/N-ethyl adjacent to an activating group) is 1. The zero-order valence-electron chi connectivity index (χ0n) is 15.2. The zero-order chi connectivity index (χ0) is 17.6. The Morgan fingerprint density at radius 2 is 1.68 bits per heavy atom. The van der Waals surface area contributed by atoms with Crippen LogP contribution in [-0.4, -0.2) is 42.5 Å². The molecule has 2 aromatic rings. The van der Waals surface area contributed by atoms with Crippen LogP contribution in [0.25, 0.3) is 0 Å². The lowest BCUT2D eigenvalue weighted by atomic mass is 10.1. The summed E-state index contributed by atoms with van der Waals surface area (Å²) in [5.74, 6) is 1.03. The van der Waals surface area contributed by atoms with Crippen molar-refractivity contribution in [2.45, 2.75) is 27.0 Å². The van der Waals surface area contributed by atoms with Crippen LogP contribution >= 0.6 is 15.9 Å². The van der Waals surface area contributed by atoms with Crippen LogP contribution in [0.5, 0.6) is 5.75 Å². The van der Waals surface area contributed by atoms with Crippen LogP contribution < -0.4 is 4.74 Å². The van der Waals surface area contributed by atoms with Crippen molar-refractivity contribution in [3.05, 3.63) is 63.6 Å². The number of piperazine rings is 1. The smallest absolute Gasteiger partial charge is 0.127 e. The van der Waals surface area contributed by atoms with E-state index in [9.17, 15) is 0 Å². The van der Waals surface area contributed by atoms with E-state index in [-0.39, 0.29) is 0 Å². The standard InChI is InChI=1S/C21H27BrN2O/c1-3-23-9-11-24(12-10-23)15-19-14-20(22)13-17(2)21(19)25-16-18-7-5-4-6-8-18/h4-8,13-14H,3,9-12,15-16H2,1-2H3. The summed E-state index contributed by atoms with van der Waals surface area (Å²) in [4.78, 5) is 5.04. The van der Waals surface area contributed by atoms with Gasteiger partial charge in [-0.15, -0.1) is 0 Å². The first-order valence-corrected chi connectivity index (χ1v) is 9.85. The van der Waals surface area contributed by atoms with Gasteiger partial charge in [0.1, 0.15) is 12.4 Å². The first-order valence-electron chi connectivity index (χ1n) is 9.06. The van der Waals surface area contributed by atoms with Crippen molar-refractivity contribution >= 4 is 15.9 Å². The van der Waals surface area contributed by atoms with Gasteiger partial charge in [0.2, 0.25) is 0 Å². The second-order valence-corrected chi connectivity index (χ2v) is 7.61. The van der Waals surface area contributed by atoms with E-state index in [0.717, 1.165) is 49.5 Å². The highest BCUT2D eigenvalue weighted by Crippen LogP contribution is 2.30. The lowest BCUT2D eigenvalue weighted by molar-refractivity contribution is 0.130. The largest absolute Gasteiger partial charge is 0.488 e. The highest BCUT2D eigenvalue weighted by atomic mass is 79.9. The Hall–Kier alpha value is -1.36. The molecule has 1 aliphatic rings. The van der Waals surface area contributed by atoms with E-state index in [1.165, 1.54) is 16.7 Å². The maximum Gasteiger partial charge on any atom is 0.127 e. The van der Waals surface area contributed by atoms with Crippen LogP contribution in [0, 0.1) is 6.92 Å². The van der Waals surface area contributed by atoms with E-state index in [1.807, 2.05) is 6.07 Å². The highest BCUT2D eigenvalue weighted by Gasteiger charge is 2.18. The van der Waals surface area contributed by atoms with E-state index >= 15 is 0 Å². The number of rotatable bonds is 6. The predicted octanol–water partition coefficient (Wildman–Crippen LogP) is 4.47. The fourth-order valence-corrected chi connectivity index (χ4v) is 3.98. The normalized spacial score (nSPS) is 16.1. The highest BCUT2D eigenvalue weighted by molar-refractivity contribution is 9.10. The van der Waals surface area contributed by atoms with Crippen LogP contribution in [0.3, 0.4) is 0 Å². The second-order valence-electron chi connectivity index (χ2n) is 6.70. The van der Waals surface area contributed by atoms with Gasteiger partial charge in [-0.05, 0) is 36.7 Å². The molecule has 0 N–H and O–H groups in total. The molecule has 0 unspecified atom stereocenters. The Morgan fingerprint density at radius 3 is 2.36 bits per heavy atom. The van der Waals surface area contributed by atoms with Gasteiger partial charge < -0.3 is 9.64 Å².